The highest BCUT2D eigenvalue weighted by atomic mass is 32.2. The van der Waals surface area contributed by atoms with Gasteiger partial charge in [-0.15, -0.1) is 5.10 Å². The van der Waals surface area contributed by atoms with Crippen LogP contribution in [-0.2, 0) is 9.84 Å². The molecule has 0 unspecified atom stereocenters. The number of hydrogen-bond donors (Lipinski definition) is 1. The zero-order valence-electron chi connectivity index (χ0n) is 8.90. The van der Waals surface area contributed by atoms with Crippen LogP contribution in [0.2, 0.25) is 0 Å². The summed E-state index contributed by atoms with van der Waals surface area (Å²) in [6, 6.07) is 3.68. The minimum absolute atomic E-state index is 0.194. The molecular formula is C9H15N3O2S. The highest BCUT2D eigenvalue weighted by Crippen LogP contribution is 2.01. The van der Waals surface area contributed by atoms with Crippen LogP contribution in [0, 0.1) is 6.92 Å². The Kier molecular flexibility index (Phi) is 4.02. The molecule has 84 valence electrons. The van der Waals surface area contributed by atoms with Crippen LogP contribution in [0.4, 0.5) is 5.82 Å². The molecule has 5 nitrogen and oxygen atoms in total. The van der Waals surface area contributed by atoms with Gasteiger partial charge in [-0.1, -0.05) is 0 Å². The molecule has 0 aromatic carbocycles. The topological polar surface area (TPSA) is 72.0 Å². The van der Waals surface area contributed by atoms with Crippen LogP contribution in [0.15, 0.2) is 12.1 Å². The van der Waals surface area contributed by atoms with Crippen molar-refractivity contribution in [3.63, 3.8) is 0 Å². The molecule has 0 aliphatic rings. The molecule has 1 N–H and O–H groups in total. The first kappa shape index (κ1) is 11.9. The molecule has 0 saturated carbocycles. The van der Waals surface area contributed by atoms with Crippen molar-refractivity contribution < 1.29 is 8.42 Å². The summed E-state index contributed by atoms with van der Waals surface area (Å²) in [7, 11) is -2.86. The molecule has 0 amide bonds. The third kappa shape index (κ3) is 5.31. The molecular weight excluding hydrogens is 214 g/mol. The second-order valence-electron chi connectivity index (χ2n) is 3.47. The minimum Gasteiger partial charge on any atom is -0.369 e. The number of hydrogen-bond acceptors (Lipinski definition) is 5. The van der Waals surface area contributed by atoms with E-state index in [1.807, 2.05) is 19.1 Å². The first-order valence-corrected chi connectivity index (χ1v) is 6.75. The van der Waals surface area contributed by atoms with Gasteiger partial charge in [0.2, 0.25) is 0 Å². The largest absolute Gasteiger partial charge is 0.369 e. The normalized spacial score (nSPS) is 11.3. The maximum atomic E-state index is 10.8. The van der Waals surface area contributed by atoms with Crippen molar-refractivity contribution in [3.05, 3.63) is 17.8 Å². The van der Waals surface area contributed by atoms with E-state index in [0.29, 0.717) is 18.8 Å². The van der Waals surface area contributed by atoms with E-state index in [2.05, 4.69) is 15.5 Å². The van der Waals surface area contributed by atoms with Crippen molar-refractivity contribution in [2.75, 3.05) is 23.9 Å². The number of aryl methyl sites for hydroxylation is 1. The molecule has 6 heteroatoms. The number of nitrogens with zero attached hydrogens (tertiary/aromatic N) is 2. The first-order valence-electron chi connectivity index (χ1n) is 4.69. The van der Waals surface area contributed by atoms with Crippen LogP contribution in [-0.4, -0.2) is 37.2 Å². The Bertz CT molecular complexity index is 400. The molecule has 1 heterocycles. The van der Waals surface area contributed by atoms with Gasteiger partial charge in [-0.25, -0.2) is 8.42 Å². The molecule has 0 saturated heterocycles. The van der Waals surface area contributed by atoms with E-state index in [1.54, 1.807) is 0 Å². The van der Waals surface area contributed by atoms with E-state index in [9.17, 15) is 8.42 Å². The van der Waals surface area contributed by atoms with Crippen molar-refractivity contribution in [2.24, 2.45) is 0 Å². The fourth-order valence-corrected chi connectivity index (χ4v) is 1.71. The first-order chi connectivity index (χ1) is 6.97. The number of sulfone groups is 1. The van der Waals surface area contributed by atoms with Gasteiger partial charge >= 0.3 is 0 Å². The zero-order chi connectivity index (χ0) is 11.3. The Balaban J connectivity index is 2.29. The molecule has 0 spiro atoms. The van der Waals surface area contributed by atoms with Gasteiger partial charge in [-0.3, -0.25) is 0 Å². The third-order valence-electron chi connectivity index (χ3n) is 1.80. The van der Waals surface area contributed by atoms with Gasteiger partial charge in [-0.05, 0) is 25.5 Å². The standard InChI is InChI=1S/C9H15N3O2S/c1-8-4-5-9(12-11-8)10-6-3-7-15(2,13)14/h4-5H,3,6-7H2,1-2H3,(H,10,12). The Hall–Kier alpha value is -1.17. The molecule has 1 aromatic heterocycles. The van der Waals surface area contributed by atoms with Crippen molar-refractivity contribution in [1.29, 1.82) is 0 Å². The van der Waals surface area contributed by atoms with Crippen LogP contribution >= 0.6 is 0 Å². The van der Waals surface area contributed by atoms with Gasteiger partial charge < -0.3 is 5.32 Å². The summed E-state index contributed by atoms with van der Waals surface area (Å²) in [6.07, 6.45) is 1.81. The highest BCUT2D eigenvalue weighted by Gasteiger charge is 2.01. The van der Waals surface area contributed by atoms with Crippen molar-refractivity contribution >= 4 is 15.7 Å². The SMILES string of the molecule is Cc1ccc(NCCCS(C)(=O)=O)nn1. The molecule has 0 fully saturated rings. The summed E-state index contributed by atoms with van der Waals surface area (Å²) in [5, 5.41) is 10.8. The highest BCUT2D eigenvalue weighted by molar-refractivity contribution is 7.90. The molecule has 0 bridgehead atoms. The van der Waals surface area contributed by atoms with Crippen molar-refractivity contribution in [2.45, 2.75) is 13.3 Å². The fraction of sp³-hybridized carbons (Fsp3) is 0.556. The van der Waals surface area contributed by atoms with Gasteiger partial charge in [0.05, 0.1) is 11.4 Å². The molecule has 0 aliphatic heterocycles. The second-order valence-corrected chi connectivity index (χ2v) is 5.73. The molecule has 0 aliphatic carbocycles. The van der Waals surface area contributed by atoms with Gasteiger partial charge in [0.15, 0.2) is 0 Å². The summed E-state index contributed by atoms with van der Waals surface area (Å²) in [6.45, 7) is 2.45. The predicted molar refractivity (Wildman–Crippen MR) is 59.6 cm³/mol. The number of aromatic nitrogens is 2. The van der Waals surface area contributed by atoms with E-state index in [1.165, 1.54) is 6.26 Å². The van der Waals surface area contributed by atoms with Crippen LogP contribution in [0.5, 0.6) is 0 Å². The summed E-state index contributed by atoms with van der Waals surface area (Å²) in [5.74, 6) is 0.869. The van der Waals surface area contributed by atoms with E-state index < -0.39 is 9.84 Å². The summed E-state index contributed by atoms with van der Waals surface area (Å²) >= 11 is 0. The number of anilines is 1. The Morgan fingerprint density at radius 1 is 1.33 bits per heavy atom. The summed E-state index contributed by atoms with van der Waals surface area (Å²) < 4.78 is 21.7. The molecule has 15 heavy (non-hydrogen) atoms. The molecule has 0 atom stereocenters. The molecule has 0 radical (unpaired) electrons. The molecule has 1 rings (SSSR count). The zero-order valence-corrected chi connectivity index (χ0v) is 9.71. The second kappa shape index (κ2) is 5.06. The van der Waals surface area contributed by atoms with Crippen LogP contribution in [0.25, 0.3) is 0 Å². The Labute approximate surface area is 89.8 Å². The lowest BCUT2D eigenvalue weighted by molar-refractivity contribution is 0.600. The number of rotatable bonds is 5. The average Bonchev–Trinajstić information content (AvgIpc) is 2.14. The van der Waals surface area contributed by atoms with E-state index in [-0.39, 0.29) is 5.75 Å². The fourth-order valence-electron chi connectivity index (χ4n) is 1.04. The maximum absolute atomic E-state index is 10.8. The lowest BCUT2D eigenvalue weighted by Gasteiger charge is -2.03. The van der Waals surface area contributed by atoms with Gasteiger partial charge in [0.1, 0.15) is 15.7 Å². The van der Waals surface area contributed by atoms with E-state index in [0.717, 1.165) is 5.69 Å². The van der Waals surface area contributed by atoms with Crippen molar-refractivity contribution in [1.82, 2.24) is 10.2 Å². The minimum atomic E-state index is -2.86. The smallest absolute Gasteiger partial charge is 0.148 e. The van der Waals surface area contributed by atoms with Gasteiger partial charge in [0.25, 0.3) is 0 Å². The summed E-state index contributed by atoms with van der Waals surface area (Å²) in [4.78, 5) is 0. The van der Waals surface area contributed by atoms with Crippen molar-refractivity contribution in [3.8, 4) is 0 Å². The Morgan fingerprint density at radius 2 is 2.07 bits per heavy atom. The Morgan fingerprint density at radius 3 is 2.60 bits per heavy atom. The van der Waals surface area contributed by atoms with Crippen LogP contribution < -0.4 is 5.32 Å². The van der Waals surface area contributed by atoms with Gasteiger partial charge in [-0.2, -0.15) is 5.10 Å². The lowest BCUT2D eigenvalue weighted by atomic mass is 10.4. The predicted octanol–water partition coefficient (Wildman–Crippen LogP) is 0.632. The summed E-state index contributed by atoms with van der Waals surface area (Å²) in [5.41, 5.74) is 0.858. The lowest BCUT2D eigenvalue weighted by Crippen LogP contribution is -2.10. The van der Waals surface area contributed by atoms with Crippen LogP contribution in [0.3, 0.4) is 0 Å². The average molecular weight is 229 g/mol. The third-order valence-corrected chi connectivity index (χ3v) is 2.83. The quantitative estimate of drug-likeness (QED) is 0.750. The van der Waals surface area contributed by atoms with Crippen LogP contribution in [0.1, 0.15) is 12.1 Å². The number of nitrogens with one attached hydrogen (secondary N) is 1. The van der Waals surface area contributed by atoms with E-state index >= 15 is 0 Å². The van der Waals surface area contributed by atoms with E-state index in [4.69, 9.17) is 0 Å². The molecule has 1 aromatic rings. The monoisotopic (exact) mass is 229 g/mol. The van der Waals surface area contributed by atoms with Gasteiger partial charge in [0, 0.05) is 12.8 Å². The maximum Gasteiger partial charge on any atom is 0.148 e.